The van der Waals surface area contributed by atoms with Gasteiger partial charge in [-0.25, -0.2) is 0 Å². The van der Waals surface area contributed by atoms with Gasteiger partial charge in [-0.15, -0.1) is 0 Å². The molecule has 128 valence electrons. The van der Waals surface area contributed by atoms with Gasteiger partial charge in [-0.3, -0.25) is 19.7 Å². The smallest absolute Gasteiger partial charge is 0.272 e. The van der Waals surface area contributed by atoms with E-state index in [0.717, 1.165) is 12.8 Å². The van der Waals surface area contributed by atoms with Crippen LogP contribution in [-0.2, 0) is 4.79 Å². The van der Waals surface area contributed by atoms with Crippen LogP contribution >= 0.6 is 0 Å². The van der Waals surface area contributed by atoms with Crippen molar-refractivity contribution >= 4 is 28.9 Å². The van der Waals surface area contributed by atoms with E-state index in [4.69, 9.17) is 0 Å². The number of hydrogen-bond donors (Lipinski definition) is 2. The number of aryl methyl sites for hydroxylation is 1. The first-order chi connectivity index (χ1) is 11.9. The van der Waals surface area contributed by atoms with Crippen LogP contribution in [0.2, 0.25) is 0 Å². The number of carbonyl (C=O) groups excluding carboxylic acids is 2. The molecule has 1 fully saturated rings. The predicted octanol–water partition coefficient (Wildman–Crippen LogP) is 3.50. The highest BCUT2D eigenvalue weighted by Crippen LogP contribution is 2.30. The number of amides is 2. The minimum Gasteiger partial charge on any atom is -0.326 e. The number of rotatable bonds is 5. The molecule has 0 spiro atoms. The number of carbonyl (C=O) groups is 2. The van der Waals surface area contributed by atoms with Crippen LogP contribution in [0.5, 0.6) is 0 Å². The van der Waals surface area contributed by atoms with Crippen molar-refractivity contribution in [3.05, 3.63) is 63.7 Å². The van der Waals surface area contributed by atoms with Crippen LogP contribution in [0.15, 0.2) is 42.5 Å². The fraction of sp³-hybridized carbons (Fsp3) is 0.222. The highest BCUT2D eigenvalue weighted by atomic mass is 16.6. The lowest BCUT2D eigenvalue weighted by Crippen LogP contribution is -2.15. The van der Waals surface area contributed by atoms with Crippen molar-refractivity contribution in [3.63, 3.8) is 0 Å². The van der Waals surface area contributed by atoms with Crippen molar-refractivity contribution in [2.24, 2.45) is 5.92 Å². The third-order valence-corrected chi connectivity index (χ3v) is 3.99. The van der Waals surface area contributed by atoms with E-state index in [2.05, 4.69) is 10.6 Å². The quantitative estimate of drug-likeness (QED) is 0.643. The Morgan fingerprint density at radius 3 is 2.36 bits per heavy atom. The molecule has 2 aromatic rings. The van der Waals surface area contributed by atoms with Crippen LogP contribution in [0.25, 0.3) is 0 Å². The van der Waals surface area contributed by atoms with Crippen LogP contribution in [-0.4, -0.2) is 16.7 Å². The van der Waals surface area contributed by atoms with E-state index in [1.165, 1.54) is 18.2 Å². The first-order valence-electron chi connectivity index (χ1n) is 7.91. The summed E-state index contributed by atoms with van der Waals surface area (Å²) in [6.45, 7) is 1.59. The van der Waals surface area contributed by atoms with Crippen molar-refractivity contribution in [1.29, 1.82) is 0 Å². The zero-order valence-electron chi connectivity index (χ0n) is 13.6. The highest BCUT2D eigenvalue weighted by Gasteiger charge is 2.29. The molecule has 0 saturated heterocycles. The lowest BCUT2D eigenvalue weighted by atomic mass is 10.1. The van der Waals surface area contributed by atoms with E-state index in [0.29, 0.717) is 22.5 Å². The number of benzene rings is 2. The molecule has 0 bridgehead atoms. The maximum Gasteiger partial charge on any atom is 0.272 e. The Hall–Kier alpha value is -3.22. The first-order valence-corrected chi connectivity index (χ1v) is 7.91. The minimum absolute atomic E-state index is 0.00512. The minimum atomic E-state index is -0.483. The normalized spacial score (nSPS) is 13.2. The number of nitro groups is 1. The maximum absolute atomic E-state index is 12.3. The number of anilines is 2. The summed E-state index contributed by atoms with van der Waals surface area (Å²) in [5.74, 6) is -0.278. The van der Waals surface area contributed by atoms with Crippen molar-refractivity contribution < 1.29 is 14.5 Å². The molecule has 2 N–H and O–H groups in total. The van der Waals surface area contributed by atoms with Gasteiger partial charge in [0, 0.05) is 34.5 Å². The van der Waals surface area contributed by atoms with Crippen LogP contribution < -0.4 is 10.6 Å². The van der Waals surface area contributed by atoms with Gasteiger partial charge in [0.1, 0.15) is 0 Å². The summed E-state index contributed by atoms with van der Waals surface area (Å²) in [7, 11) is 0. The standard InChI is InChI=1S/C18H17N3O4/c1-11-9-13(7-8-16(11)21(24)25)18(23)20-15-4-2-3-14(10-15)19-17(22)12-5-6-12/h2-4,7-10,12H,5-6H2,1H3,(H,19,22)(H,20,23). The first kappa shape index (κ1) is 16.6. The van der Waals surface area contributed by atoms with Gasteiger partial charge in [-0.2, -0.15) is 0 Å². The van der Waals surface area contributed by atoms with Crippen molar-refractivity contribution in [3.8, 4) is 0 Å². The van der Waals surface area contributed by atoms with Gasteiger partial charge >= 0.3 is 0 Å². The van der Waals surface area contributed by atoms with Crippen LogP contribution in [0.4, 0.5) is 17.1 Å². The largest absolute Gasteiger partial charge is 0.326 e. The lowest BCUT2D eigenvalue weighted by molar-refractivity contribution is -0.385. The molecular formula is C18H17N3O4. The lowest BCUT2D eigenvalue weighted by Gasteiger charge is -2.09. The number of nitrogens with zero attached hydrogens (tertiary/aromatic N) is 1. The number of nitro benzene ring substituents is 1. The summed E-state index contributed by atoms with van der Waals surface area (Å²) in [6.07, 6.45) is 1.84. The molecule has 2 amide bonds. The van der Waals surface area contributed by atoms with Crippen molar-refractivity contribution in [2.75, 3.05) is 10.6 Å². The molecule has 1 aliphatic rings. The fourth-order valence-corrected chi connectivity index (χ4v) is 2.47. The van der Waals surface area contributed by atoms with Gasteiger partial charge in [0.05, 0.1) is 4.92 Å². The van der Waals surface area contributed by atoms with Crippen molar-refractivity contribution in [1.82, 2.24) is 0 Å². The van der Waals surface area contributed by atoms with E-state index in [9.17, 15) is 19.7 Å². The molecule has 1 aliphatic carbocycles. The van der Waals surface area contributed by atoms with Crippen molar-refractivity contribution in [2.45, 2.75) is 19.8 Å². The molecule has 25 heavy (non-hydrogen) atoms. The Morgan fingerprint density at radius 2 is 1.76 bits per heavy atom. The second-order valence-corrected chi connectivity index (χ2v) is 6.06. The zero-order chi connectivity index (χ0) is 18.0. The highest BCUT2D eigenvalue weighted by molar-refractivity contribution is 6.05. The molecule has 7 nitrogen and oxygen atoms in total. The molecular weight excluding hydrogens is 322 g/mol. The second kappa shape index (κ2) is 6.72. The Labute approximate surface area is 144 Å². The maximum atomic E-state index is 12.3. The van der Waals surface area contributed by atoms with Crippen LogP contribution in [0.3, 0.4) is 0 Å². The summed E-state index contributed by atoms with van der Waals surface area (Å²) in [5, 5.41) is 16.4. The van der Waals surface area contributed by atoms with Gasteiger partial charge < -0.3 is 10.6 Å². The van der Waals surface area contributed by atoms with Gasteiger partial charge in [0.2, 0.25) is 5.91 Å². The molecule has 0 heterocycles. The van der Waals surface area contributed by atoms with Gasteiger partial charge in [0.15, 0.2) is 0 Å². The molecule has 0 unspecified atom stereocenters. The van der Waals surface area contributed by atoms with Gasteiger partial charge in [-0.05, 0) is 50.1 Å². The van der Waals surface area contributed by atoms with E-state index in [1.807, 2.05) is 0 Å². The summed E-state index contributed by atoms with van der Waals surface area (Å²) < 4.78 is 0. The van der Waals surface area contributed by atoms with E-state index in [-0.39, 0.29) is 23.4 Å². The average molecular weight is 339 g/mol. The van der Waals surface area contributed by atoms with Gasteiger partial charge in [-0.1, -0.05) is 6.07 Å². The molecule has 0 aliphatic heterocycles. The monoisotopic (exact) mass is 339 g/mol. The molecule has 0 aromatic heterocycles. The molecule has 2 aromatic carbocycles. The predicted molar refractivity (Wildman–Crippen MR) is 93.6 cm³/mol. The number of hydrogen-bond acceptors (Lipinski definition) is 4. The molecule has 7 heteroatoms. The Morgan fingerprint density at radius 1 is 1.08 bits per heavy atom. The Bertz CT molecular complexity index is 859. The summed E-state index contributed by atoms with van der Waals surface area (Å²) >= 11 is 0. The summed E-state index contributed by atoms with van der Waals surface area (Å²) in [6, 6.07) is 11.1. The number of nitrogens with one attached hydrogen (secondary N) is 2. The Balaban J connectivity index is 1.71. The average Bonchev–Trinajstić information content (AvgIpc) is 3.39. The fourth-order valence-electron chi connectivity index (χ4n) is 2.47. The molecule has 0 radical (unpaired) electrons. The van der Waals surface area contributed by atoms with Crippen LogP contribution in [0.1, 0.15) is 28.8 Å². The Kier molecular flexibility index (Phi) is 4.47. The molecule has 1 saturated carbocycles. The molecule has 3 rings (SSSR count). The third-order valence-electron chi connectivity index (χ3n) is 3.99. The second-order valence-electron chi connectivity index (χ2n) is 6.06. The zero-order valence-corrected chi connectivity index (χ0v) is 13.6. The SMILES string of the molecule is Cc1cc(C(=O)Nc2cccc(NC(=O)C3CC3)c2)ccc1[N+](=O)[O-]. The van der Waals surface area contributed by atoms with Crippen LogP contribution in [0, 0.1) is 23.0 Å². The topological polar surface area (TPSA) is 101 Å². The van der Waals surface area contributed by atoms with E-state index in [1.54, 1.807) is 31.2 Å². The summed E-state index contributed by atoms with van der Waals surface area (Å²) in [5.41, 5.74) is 1.88. The summed E-state index contributed by atoms with van der Waals surface area (Å²) in [4.78, 5) is 34.5. The third kappa shape index (κ3) is 4.00. The molecule has 0 atom stereocenters. The van der Waals surface area contributed by atoms with E-state index < -0.39 is 4.92 Å². The van der Waals surface area contributed by atoms with Gasteiger partial charge in [0.25, 0.3) is 11.6 Å². The van der Waals surface area contributed by atoms with E-state index >= 15 is 0 Å².